The van der Waals surface area contributed by atoms with Crippen molar-refractivity contribution in [3.8, 4) is 0 Å². The molecule has 1 aromatic carbocycles. The molecule has 1 saturated heterocycles. The second-order valence-corrected chi connectivity index (χ2v) is 7.05. The smallest absolute Gasteiger partial charge is 0.253 e. The second kappa shape index (κ2) is 5.29. The van der Waals surface area contributed by atoms with Crippen LogP contribution in [0.3, 0.4) is 0 Å². The first-order valence-corrected chi connectivity index (χ1v) is 8.22. The van der Waals surface area contributed by atoms with Gasteiger partial charge in [-0.2, -0.15) is 0 Å². The molecule has 21 heavy (non-hydrogen) atoms. The van der Waals surface area contributed by atoms with Crippen LogP contribution in [-0.2, 0) is 9.59 Å². The zero-order valence-corrected chi connectivity index (χ0v) is 14.0. The SMILES string of the molecule is CC1C(=O)NC2(CCCC2)C(=O)N1c1ccc(Br)cc1Cl. The summed E-state index contributed by atoms with van der Waals surface area (Å²) in [6, 6.07) is 4.80. The third-order valence-electron chi connectivity index (χ3n) is 4.38. The maximum Gasteiger partial charge on any atom is 0.253 e. The van der Waals surface area contributed by atoms with Gasteiger partial charge in [-0.05, 0) is 38.0 Å². The molecule has 1 aliphatic carbocycles. The lowest BCUT2D eigenvalue weighted by atomic mass is 9.90. The Balaban J connectivity index is 2.05. The average molecular weight is 372 g/mol. The number of amides is 2. The predicted molar refractivity (Wildman–Crippen MR) is 85.4 cm³/mol. The van der Waals surface area contributed by atoms with E-state index in [1.165, 1.54) is 0 Å². The Morgan fingerprint density at radius 2 is 2.00 bits per heavy atom. The number of hydrogen-bond acceptors (Lipinski definition) is 2. The first-order chi connectivity index (χ1) is 9.94. The predicted octanol–water partition coefficient (Wildman–Crippen LogP) is 3.27. The molecule has 4 nitrogen and oxygen atoms in total. The number of nitrogens with one attached hydrogen (secondary N) is 1. The summed E-state index contributed by atoms with van der Waals surface area (Å²) in [7, 11) is 0. The number of piperazine rings is 1. The molecule has 1 atom stereocenters. The number of hydrogen-bond donors (Lipinski definition) is 1. The molecule has 1 heterocycles. The van der Waals surface area contributed by atoms with Gasteiger partial charge in [0.1, 0.15) is 11.6 Å². The lowest BCUT2D eigenvalue weighted by Gasteiger charge is -2.43. The van der Waals surface area contributed by atoms with Gasteiger partial charge in [-0.1, -0.05) is 40.4 Å². The van der Waals surface area contributed by atoms with Gasteiger partial charge in [0.15, 0.2) is 0 Å². The summed E-state index contributed by atoms with van der Waals surface area (Å²) in [5.74, 6) is -0.160. The van der Waals surface area contributed by atoms with Gasteiger partial charge in [-0.15, -0.1) is 0 Å². The van der Waals surface area contributed by atoms with Gasteiger partial charge < -0.3 is 5.32 Å². The third kappa shape index (κ3) is 2.36. The van der Waals surface area contributed by atoms with Crippen LogP contribution in [0.2, 0.25) is 5.02 Å². The second-order valence-electron chi connectivity index (χ2n) is 5.73. The van der Waals surface area contributed by atoms with Crippen LogP contribution in [0.1, 0.15) is 32.6 Å². The van der Waals surface area contributed by atoms with E-state index >= 15 is 0 Å². The lowest BCUT2D eigenvalue weighted by Crippen LogP contribution is -2.69. The molecular formula is C15H16BrClN2O2. The first-order valence-electron chi connectivity index (χ1n) is 7.05. The van der Waals surface area contributed by atoms with Crippen LogP contribution in [0.5, 0.6) is 0 Å². The van der Waals surface area contributed by atoms with Crippen LogP contribution in [-0.4, -0.2) is 23.4 Å². The fourth-order valence-corrected chi connectivity index (χ4v) is 3.99. The molecule has 1 aromatic rings. The Morgan fingerprint density at radius 1 is 1.33 bits per heavy atom. The Morgan fingerprint density at radius 3 is 2.62 bits per heavy atom. The highest BCUT2D eigenvalue weighted by Gasteiger charge is 2.51. The van der Waals surface area contributed by atoms with Crippen molar-refractivity contribution < 1.29 is 9.59 Å². The molecule has 2 amide bonds. The number of nitrogens with zero attached hydrogens (tertiary/aromatic N) is 1. The number of carbonyl (C=O) groups is 2. The van der Waals surface area contributed by atoms with Gasteiger partial charge in [0.25, 0.3) is 5.91 Å². The molecule has 3 rings (SSSR count). The van der Waals surface area contributed by atoms with Crippen molar-refractivity contribution >= 4 is 45.0 Å². The van der Waals surface area contributed by atoms with Crippen molar-refractivity contribution in [2.45, 2.75) is 44.2 Å². The summed E-state index contributed by atoms with van der Waals surface area (Å²) in [6.07, 6.45) is 3.33. The quantitative estimate of drug-likeness (QED) is 0.824. The van der Waals surface area contributed by atoms with Crippen LogP contribution in [0, 0.1) is 0 Å². The van der Waals surface area contributed by atoms with Gasteiger partial charge in [0, 0.05) is 4.47 Å². The van der Waals surface area contributed by atoms with E-state index in [9.17, 15) is 9.59 Å². The standard InChI is InChI=1S/C15H16BrClN2O2/c1-9-13(20)18-15(6-2-3-7-15)14(21)19(9)12-5-4-10(16)8-11(12)17/h4-5,8-9H,2-3,6-7H2,1H3,(H,18,20). The summed E-state index contributed by atoms with van der Waals surface area (Å²) >= 11 is 9.64. The molecule has 1 unspecified atom stereocenters. The van der Waals surface area contributed by atoms with E-state index < -0.39 is 11.6 Å². The zero-order valence-electron chi connectivity index (χ0n) is 11.7. The van der Waals surface area contributed by atoms with Crippen LogP contribution in [0.15, 0.2) is 22.7 Å². The largest absolute Gasteiger partial charge is 0.340 e. The number of benzene rings is 1. The van der Waals surface area contributed by atoms with E-state index in [1.807, 2.05) is 6.07 Å². The highest BCUT2D eigenvalue weighted by Crippen LogP contribution is 2.39. The molecule has 1 aliphatic heterocycles. The van der Waals surface area contributed by atoms with E-state index in [0.717, 1.165) is 17.3 Å². The van der Waals surface area contributed by atoms with Crippen molar-refractivity contribution in [1.82, 2.24) is 5.32 Å². The monoisotopic (exact) mass is 370 g/mol. The van der Waals surface area contributed by atoms with Crippen LogP contribution < -0.4 is 10.2 Å². The Bertz CT molecular complexity index is 614. The topological polar surface area (TPSA) is 49.4 Å². The highest BCUT2D eigenvalue weighted by atomic mass is 79.9. The molecule has 1 spiro atoms. The maximum atomic E-state index is 13.0. The van der Waals surface area contributed by atoms with Crippen molar-refractivity contribution in [3.05, 3.63) is 27.7 Å². The minimum Gasteiger partial charge on any atom is -0.340 e. The Kier molecular flexibility index (Phi) is 3.74. The fraction of sp³-hybridized carbons (Fsp3) is 0.467. The Hall–Kier alpha value is -1.07. The first kappa shape index (κ1) is 14.9. The van der Waals surface area contributed by atoms with Crippen molar-refractivity contribution in [2.75, 3.05) is 4.90 Å². The summed E-state index contributed by atoms with van der Waals surface area (Å²) in [6.45, 7) is 1.73. The fourth-order valence-electron chi connectivity index (χ4n) is 3.23. The summed E-state index contributed by atoms with van der Waals surface area (Å²) < 4.78 is 0.841. The van der Waals surface area contributed by atoms with E-state index in [2.05, 4.69) is 21.2 Å². The summed E-state index contributed by atoms with van der Waals surface area (Å²) in [5.41, 5.74) is -0.140. The van der Waals surface area contributed by atoms with Crippen molar-refractivity contribution in [2.24, 2.45) is 0 Å². The molecule has 0 radical (unpaired) electrons. The van der Waals surface area contributed by atoms with Gasteiger partial charge in [0.05, 0.1) is 10.7 Å². The lowest BCUT2D eigenvalue weighted by molar-refractivity contribution is -0.137. The molecular weight excluding hydrogens is 356 g/mol. The molecule has 1 N–H and O–H groups in total. The number of rotatable bonds is 1. The molecule has 0 bridgehead atoms. The van der Waals surface area contributed by atoms with E-state index in [1.54, 1.807) is 24.0 Å². The van der Waals surface area contributed by atoms with Gasteiger partial charge in [0.2, 0.25) is 5.91 Å². The molecule has 2 aliphatic rings. The van der Waals surface area contributed by atoms with Crippen LogP contribution >= 0.6 is 27.5 Å². The van der Waals surface area contributed by atoms with Crippen LogP contribution in [0.4, 0.5) is 5.69 Å². The summed E-state index contributed by atoms with van der Waals surface area (Å²) in [4.78, 5) is 26.8. The summed E-state index contributed by atoms with van der Waals surface area (Å²) in [5, 5.41) is 3.40. The molecule has 112 valence electrons. The van der Waals surface area contributed by atoms with Gasteiger partial charge in [-0.25, -0.2) is 0 Å². The zero-order chi connectivity index (χ0) is 15.2. The maximum absolute atomic E-state index is 13.0. The Labute approximate surface area is 137 Å². The number of halogens is 2. The van der Waals surface area contributed by atoms with Gasteiger partial charge in [-0.3, -0.25) is 14.5 Å². The van der Waals surface area contributed by atoms with Crippen LogP contribution in [0.25, 0.3) is 0 Å². The van der Waals surface area contributed by atoms with Crippen molar-refractivity contribution in [3.63, 3.8) is 0 Å². The molecule has 1 saturated carbocycles. The third-order valence-corrected chi connectivity index (χ3v) is 5.18. The normalized spacial score (nSPS) is 24.5. The minimum atomic E-state index is -0.736. The number of carbonyl (C=O) groups excluding carboxylic acids is 2. The minimum absolute atomic E-state index is 0.0451. The molecule has 0 aromatic heterocycles. The average Bonchev–Trinajstić information content (AvgIpc) is 2.89. The van der Waals surface area contributed by atoms with E-state index in [4.69, 9.17) is 11.6 Å². The molecule has 6 heteroatoms. The van der Waals surface area contributed by atoms with Crippen molar-refractivity contribution in [1.29, 1.82) is 0 Å². The van der Waals surface area contributed by atoms with E-state index in [-0.39, 0.29) is 11.8 Å². The van der Waals surface area contributed by atoms with Gasteiger partial charge >= 0.3 is 0 Å². The number of anilines is 1. The molecule has 2 fully saturated rings. The highest BCUT2D eigenvalue weighted by molar-refractivity contribution is 9.10. The van der Waals surface area contributed by atoms with E-state index in [0.29, 0.717) is 23.6 Å².